The van der Waals surface area contributed by atoms with Crippen LogP contribution < -0.4 is 5.73 Å². The van der Waals surface area contributed by atoms with Gasteiger partial charge in [-0.05, 0) is 0 Å². The first kappa shape index (κ1) is 14.3. The van der Waals surface area contributed by atoms with E-state index in [0.717, 1.165) is 0 Å². The van der Waals surface area contributed by atoms with Crippen molar-refractivity contribution < 1.29 is 28.0 Å². The Labute approximate surface area is 87.4 Å². The van der Waals surface area contributed by atoms with Crippen molar-refractivity contribution in [1.82, 2.24) is 0 Å². The average molecular weight is 239 g/mol. The van der Waals surface area contributed by atoms with Gasteiger partial charge in [0.15, 0.2) is 0 Å². The number of phosphoric ester groups is 1. The molecule has 3 N–H and O–H groups in total. The van der Waals surface area contributed by atoms with Crippen LogP contribution in [-0.2, 0) is 23.1 Å². The summed E-state index contributed by atoms with van der Waals surface area (Å²) in [6.45, 7) is 4.06. The van der Waals surface area contributed by atoms with Crippen molar-refractivity contribution in [3.63, 3.8) is 0 Å². The predicted molar refractivity (Wildman–Crippen MR) is 51.7 cm³/mol. The second-order valence-electron chi connectivity index (χ2n) is 2.50. The Bertz CT molecular complexity index is 279. The van der Waals surface area contributed by atoms with Crippen LogP contribution in [0.15, 0.2) is 12.3 Å². The molecule has 0 aromatic rings. The van der Waals surface area contributed by atoms with E-state index in [9.17, 15) is 9.36 Å². The topological polar surface area (TPSA) is 108 Å². The van der Waals surface area contributed by atoms with E-state index in [1.165, 1.54) is 6.92 Å². The number of carbonyl (C=O) groups is 1. The first-order valence-electron chi connectivity index (χ1n) is 4.05. The van der Waals surface area contributed by atoms with E-state index in [0.29, 0.717) is 0 Å². The van der Waals surface area contributed by atoms with Gasteiger partial charge >= 0.3 is 13.8 Å². The van der Waals surface area contributed by atoms with Gasteiger partial charge in [-0.2, -0.15) is 0 Å². The summed E-state index contributed by atoms with van der Waals surface area (Å²) in [6, 6.07) is 0. The first-order chi connectivity index (χ1) is 6.87. The molecule has 0 amide bonds. The van der Waals surface area contributed by atoms with Gasteiger partial charge in [-0.25, -0.2) is 4.57 Å². The Morgan fingerprint density at radius 3 is 2.60 bits per heavy atom. The van der Waals surface area contributed by atoms with Gasteiger partial charge in [0.25, 0.3) is 0 Å². The maximum absolute atomic E-state index is 11.0. The van der Waals surface area contributed by atoms with E-state index < -0.39 is 20.4 Å². The highest BCUT2D eigenvalue weighted by Crippen LogP contribution is 2.43. The van der Waals surface area contributed by atoms with Crippen LogP contribution in [0.25, 0.3) is 0 Å². The van der Waals surface area contributed by atoms with Crippen LogP contribution >= 0.6 is 7.82 Å². The molecule has 0 bridgehead atoms. The Hall–Kier alpha value is -0.720. The van der Waals surface area contributed by atoms with E-state index in [1.54, 1.807) is 0 Å². The largest absolute Gasteiger partial charge is 0.472 e. The summed E-state index contributed by atoms with van der Waals surface area (Å²) < 4.78 is 24.4. The molecule has 0 rings (SSSR count). The van der Waals surface area contributed by atoms with Crippen LogP contribution in [0.2, 0.25) is 0 Å². The van der Waals surface area contributed by atoms with Crippen molar-refractivity contribution in [1.29, 1.82) is 0 Å². The number of phosphoric acid groups is 1. The van der Waals surface area contributed by atoms with Crippen molar-refractivity contribution >= 4 is 13.8 Å². The quantitative estimate of drug-likeness (QED) is 0.370. The number of esters is 1. The molecule has 0 fully saturated rings. The van der Waals surface area contributed by atoms with E-state index in [2.05, 4.69) is 20.4 Å². The standard InChI is InChI=1S/C7H14NO6P/c1-6(14-7(2)9)5-13-15(10,11)12-4-3-8/h1,3-5,8H2,2H3,(H,10,11). The summed E-state index contributed by atoms with van der Waals surface area (Å²) in [5.41, 5.74) is 5.06. The summed E-state index contributed by atoms with van der Waals surface area (Å²) in [5.74, 6) is -0.660. The minimum absolute atomic E-state index is 0.0758. The van der Waals surface area contributed by atoms with E-state index in [1.807, 2.05) is 0 Å². The van der Waals surface area contributed by atoms with Crippen molar-refractivity contribution in [2.45, 2.75) is 6.92 Å². The molecule has 0 saturated heterocycles. The highest BCUT2D eigenvalue weighted by Gasteiger charge is 2.21. The van der Waals surface area contributed by atoms with E-state index in [4.69, 9.17) is 10.6 Å². The molecule has 88 valence electrons. The highest BCUT2D eigenvalue weighted by atomic mass is 31.2. The van der Waals surface area contributed by atoms with Gasteiger partial charge in [-0.1, -0.05) is 6.58 Å². The summed E-state index contributed by atoms with van der Waals surface area (Å²) in [7, 11) is -4.14. The van der Waals surface area contributed by atoms with Crippen molar-refractivity contribution in [2.75, 3.05) is 19.8 Å². The zero-order valence-corrected chi connectivity index (χ0v) is 9.24. The third-order valence-electron chi connectivity index (χ3n) is 1.05. The van der Waals surface area contributed by atoms with Crippen LogP contribution in [0.4, 0.5) is 0 Å². The molecule has 7 nitrogen and oxygen atoms in total. The normalized spacial score (nSPS) is 14.3. The third-order valence-corrected chi connectivity index (χ3v) is 2.01. The zero-order valence-electron chi connectivity index (χ0n) is 8.34. The number of rotatable bonds is 7. The fraction of sp³-hybridized carbons (Fsp3) is 0.571. The van der Waals surface area contributed by atoms with Gasteiger partial charge in [0.05, 0.1) is 6.61 Å². The Balaban J connectivity index is 3.87. The lowest BCUT2D eigenvalue weighted by atomic mass is 10.6. The second kappa shape index (κ2) is 6.71. The van der Waals surface area contributed by atoms with Gasteiger partial charge in [0, 0.05) is 13.5 Å². The molecule has 1 unspecified atom stereocenters. The molecule has 0 aromatic heterocycles. The molecule has 0 aromatic carbocycles. The third kappa shape index (κ3) is 8.29. The number of ether oxygens (including phenoxy) is 1. The van der Waals surface area contributed by atoms with Crippen molar-refractivity contribution in [3.05, 3.63) is 12.3 Å². The smallest absolute Gasteiger partial charge is 0.429 e. The highest BCUT2D eigenvalue weighted by molar-refractivity contribution is 7.47. The average Bonchev–Trinajstić information content (AvgIpc) is 2.11. The summed E-state index contributed by atoms with van der Waals surface area (Å²) in [6.07, 6.45) is 0. The van der Waals surface area contributed by atoms with Crippen LogP contribution in [-0.4, -0.2) is 30.6 Å². The molecular weight excluding hydrogens is 225 g/mol. The monoisotopic (exact) mass is 239 g/mol. The molecule has 0 aliphatic rings. The maximum Gasteiger partial charge on any atom is 0.472 e. The molecule has 1 atom stereocenters. The second-order valence-corrected chi connectivity index (χ2v) is 3.95. The Morgan fingerprint density at radius 2 is 2.13 bits per heavy atom. The summed E-state index contributed by atoms with van der Waals surface area (Å²) in [5, 5.41) is 0. The minimum Gasteiger partial charge on any atom is -0.429 e. The predicted octanol–water partition coefficient (Wildman–Crippen LogP) is 0.155. The zero-order chi connectivity index (χ0) is 11.9. The maximum atomic E-state index is 11.0. The molecule has 15 heavy (non-hydrogen) atoms. The lowest BCUT2D eigenvalue weighted by Crippen LogP contribution is -2.09. The number of nitrogens with two attached hydrogens (primary N) is 1. The molecule has 0 saturated carbocycles. The number of carbonyl (C=O) groups excluding carboxylic acids is 1. The van der Waals surface area contributed by atoms with Crippen LogP contribution in [0.1, 0.15) is 6.92 Å². The lowest BCUT2D eigenvalue weighted by molar-refractivity contribution is -0.137. The van der Waals surface area contributed by atoms with Gasteiger partial charge in [0.1, 0.15) is 12.4 Å². The van der Waals surface area contributed by atoms with Gasteiger partial charge < -0.3 is 15.4 Å². The SMILES string of the molecule is C=C(COP(=O)(O)OCCN)OC(C)=O. The van der Waals surface area contributed by atoms with Crippen LogP contribution in [0, 0.1) is 0 Å². The molecule has 0 aliphatic carbocycles. The molecule has 0 spiro atoms. The fourth-order valence-corrected chi connectivity index (χ4v) is 1.31. The molecule has 0 aliphatic heterocycles. The summed E-state index contributed by atoms with van der Waals surface area (Å²) >= 11 is 0. The lowest BCUT2D eigenvalue weighted by Gasteiger charge is -2.12. The molecule has 8 heteroatoms. The first-order valence-corrected chi connectivity index (χ1v) is 5.55. The number of hydrogen-bond donors (Lipinski definition) is 2. The van der Waals surface area contributed by atoms with Gasteiger partial charge in [-0.15, -0.1) is 0 Å². The van der Waals surface area contributed by atoms with Crippen LogP contribution in [0.5, 0.6) is 0 Å². The van der Waals surface area contributed by atoms with Gasteiger partial charge in [0.2, 0.25) is 0 Å². The summed E-state index contributed by atoms with van der Waals surface area (Å²) in [4.78, 5) is 19.4. The molecular formula is C7H14NO6P. The molecule has 0 radical (unpaired) electrons. The molecule has 0 heterocycles. The number of hydrogen-bond acceptors (Lipinski definition) is 6. The van der Waals surface area contributed by atoms with E-state index in [-0.39, 0.29) is 18.9 Å². The fourth-order valence-electron chi connectivity index (χ4n) is 0.592. The minimum atomic E-state index is -4.14. The Morgan fingerprint density at radius 1 is 1.53 bits per heavy atom. The van der Waals surface area contributed by atoms with Gasteiger partial charge in [-0.3, -0.25) is 13.8 Å². The Kier molecular flexibility index (Phi) is 6.38. The van der Waals surface area contributed by atoms with Crippen molar-refractivity contribution in [2.24, 2.45) is 5.73 Å². The van der Waals surface area contributed by atoms with Crippen LogP contribution in [0.3, 0.4) is 0 Å². The van der Waals surface area contributed by atoms with E-state index >= 15 is 0 Å². The van der Waals surface area contributed by atoms with Crippen molar-refractivity contribution in [3.8, 4) is 0 Å².